The van der Waals surface area contributed by atoms with Crippen molar-refractivity contribution >= 4 is 17.5 Å². The molecule has 2 aliphatic heterocycles. The fourth-order valence-corrected chi connectivity index (χ4v) is 4.00. The van der Waals surface area contributed by atoms with Crippen molar-refractivity contribution in [2.24, 2.45) is 5.92 Å². The summed E-state index contributed by atoms with van der Waals surface area (Å²) >= 11 is 0. The van der Waals surface area contributed by atoms with Crippen LogP contribution >= 0.6 is 0 Å². The van der Waals surface area contributed by atoms with E-state index in [1.54, 1.807) is 7.05 Å². The minimum atomic E-state index is -0.471. The van der Waals surface area contributed by atoms with Crippen molar-refractivity contribution in [3.8, 4) is 0 Å². The van der Waals surface area contributed by atoms with Crippen molar-refractivity contribution in [1.82, 2.24) is 15.3 Å². The molecule has 2 aliphatic rings. The molecule has 1 N–H and O–H groups in total. The number of imide groups is 1. The van der Waals surface area contributed by atoms with Crippen LogP contribution in [-0.2, 0) is 16.1 Å². The van der Waals surface area contributed by atoms with Gasteiger partial charge in [-0.2, -0.15) is 0 Å². The number of nitrogens with zero attached hydrogens (tertiary/aromatic N) is 3. The summed E-state index contributed by atoms with van der Waals surface area (Å²) in [4.78, 5) is 28.8. The third-order valence-electron chi connectivity index (χ3n) is 5.50. The van der Waals surface area contributed by atoms with Gasteiger partial charge in [-0.15, -0.1) is 0 Å². The summed E-state index contributed by atoms with van der Waals surface area (Å²) < 4.78 is 0. The van der Waals surface area contributed by atoms with Gasteiger partial charge in [-0.1, -0.05) is 42.5 Å². The Balaban J connectivity index is 1.66. The van der Waals surface area contributed by atoms with E-state index in [9.17, 15) is 9.59 Å². The lowest BCUT2D eigenvalue weighted by atomic mass is 9.90. The van der Waals surface area contributed by atoms with Gasteiger partial charge in [0, 0.05) is 33.4 Å². The lowest BCUT2D eigenvalue weighted by Crippen LogP contribution is -2.43. The first-order chi connectivity index (χ1) is 13.0. The van der Waals surface area contributed by atoms with Crippen molar-refractivity contribution in [3.63, 3.8) is 0 Å². The second-order valence-electron chi connectivity index (χ2n) is 7.41. The third-order valence-corrected chi connectivity index (χ3v) is 5.50. The Morgan fingerprint density at radius 3 is 2.26 bits per heavy atom. The molecule has 3 atom stereocenters. The number of fused-ring (bicyclic) bond motifs is 1. The topological polar surface area (TPSA) is 55.9 Å². The summed E-state index contributed by atoms with van der Waals surface area (Å²) in [6, 6.07) is 17.4. The van der Waals surface area contributed by atoms with Crippen LogP contribution in [0.1, 0.15) is 17.2 Å². The first-order valence-electron chi connectivity index (χ1n) is 9.13. The Morgan fingerprint density at radius 2 is 1.63 bits per heavy atom. The molecule has 2 aromatic carbocycles. The molecule has 2 fully saturated rings. The van der Waals surface area contributed by atoms with Gasteiger partial charge in [0.05, 0.1) is 12.0 Å². The second kappa shape index (κ2) is 6.79. The number of likely N-dealkylation sites (N-methyl/N-ethyl adjacent to an activating group) is 1. The fourth-order valence-electron chi connectivity index (χ4n) is 4.00. The molecule has 140 valence electrons. The highest BCUT2D eigenvalue weighted by Gasteiger charge is 2.57. The highest BCUT2D eigenvalue weighted by molar-refractivity contribution is 6.07. The molecule has 2 heterocycles. The smallest absolute Gasteiger partial charge is 0.248 e. The minimum Gasteiger partial charge on any atom is -0.378 e. The molecular weight excluding hydrogens is 340 g/mol. The number of anilines is 1. The number of benzene rings is 2. The number of amides is 2. The van der Waals surface area contributed by atoms with Gasteiger partial charge in [0.25, 0.3) is 0 Å². The van der Waals surface area contributed by atoms with Gasteiger partial charge in [0.2, 0.25) is 11.8 Å². The maximum atomic E-state index is 12.8. The molecule has 0 bridgehead atoms. The zero-order valence-electron chi connectivity index (χ0n) is 15.8. The van der Waals surface area contributed by atoms with Crippen molar-refractivity contribution in [2.45, 2.75) is 18.6 Å². The molecule has 0 spiro atoms. The SMILES string of the molecule is CN1C(=O)[C@@H]2[C@@H](c3ccc(N(C)C)cc3)NN(Cc3ccccc3)[C@@H]2C1=O. The summed E-state index contributed by atoms with van der Waals surface area (Å²) in [5, 5.41) is 1.92. The van der Waals surface area contributed by atoms with Crippen LogP contribution in [0.2, 0.25) is 0 Å². The van der Waals surface area contributed by atoms with E-state index in [4.69, 9.17) is 0 Å². The van der Waals surface area contributed by atoms with E-state index >= 15 is 0 Å². The third kappa shape index (κ3) is 3.01. The number of nitrogens with one attached hydrogen (secondary N) is 1. The number of hydrazine groups is 1. The molecule has 0 unspecified atom stereocenters. The van der Waals surface area contributed by atoms with Crippen LogP contribution in [0.3, 0.4) is 0 Å². The van der Waals surface area contributed by atoms with Gasteiger partial charge < -0.3 is 4.90 Å². The lowest BCUT2D eigenvalue weighted by molar-refractivity contribution is -0.139. The number of hydrogen-bond donors (Lipinski definition) is 1. The van der Waals surface area contributed by atoms with Gasteiger partial charge in [-0.25, -0.2) is 10.4 Å². The van der Waals surface area contributed by atoms with Gasteiger partial charge in [0.1, 0.15) is 6.04 Å². The summed E-state index contributed by atoms with van der Waals surface area (Å²) in [5.74, 6) is -0.660. The second-order valence-corrected chi connectivity index (χ2v) is 7.41. The summed E-state index contributed by atoms with van der Waals surface area (Å²) in [7, 11) is 5.57. The first kappa shape index (κ1) is 17.7. The largest absolute Gasteiger partial charge is 0.378 e. The Labute approximate surface area is 159 Å². The summed E-state index contributed by atoms with van der Waals surface area (Å²) in [6.45, 7) is 0.571. The molecule has 0 aromatic heterocycles. The van der Waals surface area contributed by atoms with Crippen LogP contribution in [0.5, 0.6) is 0 Å². The number of likely N-dealkylation sites (tertiary alicyclic amines) is 1. The molecule has 0 saturated carbocycles. The van der Waals surface area contributed by atoms with E-state index in [-0.39, 0.29) is 17.9 Å². The first-order valence-corrected chi connectivity index (χ1v) is 9.13. The zero-order valence-corrected chi connectivity index (χ0v) is 15.8. The summed E-state index contributed by atoms with van der Waals surface area (Å²) in [6.07, 6.45) is 0. The predicted octanol–water partition coefficient (Wildman–Crippen LogP) is 1.80. The maximum Gasteiger partial charge on any atom is 0.248 e. The molecule has 4 rings (SSSR count). The molecule has 6 nitrogen and oxygen atoms in total. The normalized spacial score (nSPS) is 25.1. The number of carbonyl (C=O) groups excluding carboxylic acids is 2. The van der Waals surface area contributed by atoms with E-state index < -0.39 is 12.0 Å². The van der Waals surface area contributed by atoms with E-state index in [1.807, 2.05) is 78.6 Å². The van der Waals surface area contributed by atoms with E-state index in [0.29, 0.717) is 6.54 Å². The van der Waals surface area contributed by atoms with E-state index in [2.05, 4.69) is 5.43 Å². The quantitative estimate of drug-likeness (QED) is 0.839. The van der Waals surface area contributed by atoms with Gasteiger partial charge >= 0.3 is 0 Å². The molecule has 6 heteroatoms. The van der Waals surface area contributed by atoms with Crippen LogP contribution in [-0.4, -0.2) is 48.9 Å². The molecular formula is C21H24N4O2. The van der Waals surface area contributed by atoms with Crippen LogP contribution in [0.15, 0.2) is 54.6 Å². The van der Waals surface area contributed by atoms with Crippen LogP contribution in [0.25, 0.3) is 0 Å². The maximum absolute atomic E-state index is 12.8. The Kier molecular flexibility index (Phi) is 4.45. The van der Waals surface area contributed by atoms with Crippen LogP contribution in [0.4, 0.5) is 5.69 Å². The number of rotatable bonds is 4. The average Bonchev–Trinajstić information content (AvgIpc) is 3.15. The number of hydrogen-bond acceptors (Lipinski definition) is 5. The molecule has 0 radical (unpaired) electrons. The number of carbonyl (C=O) groups is 2. The Morgan fingerprint density at radius 1 is 0.963 bits per heavy atom. The van der Waals surface area contributed by atoms with Gasteiger partial charge in [0.15, 0.2) is 0 Å². The van der Waals surface area contributed by atoms with Crippen molar-refractivity contribution in [3.05, 3.63) is 65.7 Å². The van der Waals surface area contributed by atoms with Crippen molar-refractivity contribution in [2.75, 3.05) is 26.0 Å². The van der Waals surface area contributed by atoms with Crippen LogP contribution in [0, 0.1) is 5.92 Å². The van der Waals surface area contributed by atoms with Crippen LogP contribution < -0.4 is 10.3 Å². The zero-order chi connectivity index (χ0) is 19.1. The highest BCUT2D eigenvalue weighted by Crippen LogP contribution is 2.40. The van der Waals surface area contributed by atoms with Gasteiger partial charge in [-0.3, -0.25) is 14.5 Å². The van der Waals surface area contributed by atoms with E-state index in [0.717, 1.165) is 16.8 Å². The molecule has 27 heavy (non-hydrogen) atoms. The molecule has 2 aromatic rings. The minimum absolute atomic E-state index is 0.116. The molecule has 0 aliphatic carbocycles. The Hall–Kier alpha value is -2.70. The molecule has 2 amide bonds. The summed E-state index contributed by atoms with van der Waals surface area (Å²) in [5.41, 5.74) is 6.65. The monoisotopic (exact) mass is 364 g/mol. The van der Waals surface area contributed by atoms with Crippen molar-refractivity contribution in [1.29, 1.82) is 0 Å². The lowest BCUT2D eigenvalue weighted by Gasteiger charge is -2.24. The molecule has 2 saturated heterocycles. The average molecular weight is 364 g/mol. The van der Waals surface area contributed by atoms with Gasteiger partial charge in [-0.05, 0) is 23.3 Å². The van der Waals surface area contributed by atoms with E-state index in [1.165, 1.54) is 4.90 Å². The van der Waals surface area contributed by atoms with Crippen molar-refractivity contribution < 1.29 is 9.59 Å². The predicted molar refractivity (Wildman–Crippen MR) is 104 cm³/mol. The standard InChI is InChI=1S/C21H24N4O2/c1-23(2)16-11-9-15(10-12-16)18-17-19(21(27)24(3)20(17)26)25(22-18)13-14-7-5-4-6-8-14/h4-12,17-19,22H,13H2,1-3H3/t17-,18-,19+/m1/s1. The highest BCUT2D eigenvalue weighted by atomic mass is 16.2. The Bertz CT molecular complexity index is 850. The fraction of sp³-hybridized carbons (Fsp3) is 0.333.